The van der Waals surface area contributed by atoms with E-state index in [2.05, 4.69) is 41.5 Å². The summed E-state index contributed by atoms with van der Waals surface area (Å²) in [5, 5.41) is 30.0. The summed E-state index contributed by atoms with van der Waals surface area (Å²) in [5.74, 6) is 17.7. The number of aliphatic hydroxyl groups is 2. The van der Waals surface area contributed by atoms with E-state index in [9.17, 15) is 72.9 Å². The topological polar surface area (TPSA) is 339 Å². The molecule has 23 nitrogen and oxygen atoms in total. The van der Waals surface area contributed by atoms with Crippen LogP contribution in [0.3, 0.4) is 0 Å². The summed E-state index contributed by atoms with van der Waals surface area (Å²) in [6.45, 7) is 11.9. The first kappa shape index (κ1) is 102. The van der Waals surface area contributed by atoms with Gasteiger partial charge < -0.3 is 53.2 Å². The maximum Gasteiger partial charge on any atom is 0.344 e. The Morgan fingerprint density at radius 3 is 0.648 bits per heavy atom. The van der Waals surface area contributed by atoms with Crippen LogP contribution in [-0.2, 0) is 95.4 Å². The SMILES string of the molecule is CC1(O)C2CC3CC(C2)CC1C3.CC1(OC(=O)CCl)C2CC3CC(C2)CC1C3.CC1(OC(=O)CCl)C2CC3CC(C2)CC1C3.CC1(OC(=O)COC(=O)C23CC4CC(C2)C(=O)C(C4)C3)C2CC3CC(C2)CC1C3.CC1(OC(=O)COC(=O)C23CC4CC(C2)C(=O)C(C4)C3)C2CC3CC(C2)CC1C3.CC1(OC(=O)COC(=O)C23CC4CC(C2)C(O)C(C4)C3)C2CC3CC(C2)CC1C3.O=C1C2CC3CC1CC(C(=O)O)(C3)C2. The van der Waals surface area contributed by atoms with Gasteiger partial charge in [-0.2, -0.15) is 0 Å². The fraction of sp³-hybridized carbons (Fsp3) is 0.900. The number of Topliss-reactive ketones (excluding diaryl/α,β-unsaturated/α-hetero) is 3. The number of aliphatic carboxylic acids is 1. The van der Waals surface area contributed by atoms with Crippen LogP contribution < -0.4 is 0 Å². The fourth-order valence-electron chi connectivity index (χ4n) is 44.0. The molecule has 145 heavy (non-hydrogen) atoms. The molecule has 40 rings (SSSR count). The highest BCUT2D eigenvalue weighted by Crippen LogP contribution is 2.70. The number of carboxylic acids is 1. The van der Waals surface area contributed by atoms with Crippen molar-refractivity contribution in [2.24, 2.45) is 235 Å². The summed E-state index contributed by atoms with van der Waals surface area (Å²) in [4.78, 5) is 148. The van der Waals surface area contributed by atoms with Gasteiger partial charge in [0, 0.05) is 35.5 Å². The van der Waals surface area contributed by atoms with Gasteiger partial charge in [-0.25, -0.2) is 14.4 Å². The van der Waals surface area contributed by atoms with Gasteiger partial charge in [-0.1, -0.05) is 0 Å². The lowest BCUT2D eigenvalue weighted by Gasteiger charge is -2.59. The van der Waals surface area contributed by atoms with Crippen molar-refractivity contribution in [1.82, 2.24) is 0 Å². The maximum atomic E-state index is 13.0. The standard InChI is InChI=1S/C24H34O5.2C24H32O5.2C13H19ClO2.C11H14O3.C11H18O/c3*1-23(18-5-13-2-14(7-18)8-19(23)6-13)29-20(25)12-28-22(27)24-9-15-3-16(10-24)21(26)17(4-15)11-24;2*1-13(16-12(15)7-14)10-3-8-2-9(5-10)6-11(13)4-8;12-9-7-1-6-2-8(9)5-11(3-6,4-7)10(13)14;1-11(12)9-3-7-2-8(5-9)6-10(11)4-7/h13-19,21,26H,2-12H2,1H3;2*13-19H,2-12H2,1H3;2*8-11H,2-7H2,1H3;6-8H,1-5H2,(H,13,14);7-10,12H,2-6H2,1H3. The van der Waals surface area contributed by atoms with Crippen LogP contribution in [0.1, 0.15) is 363 Å². The smallest absolute Gasteiger partial charge is 0.344 e. The molecule has 8 unspecified atom stereocenters. The minimum absolute atomic E-state index is 0.0120. The molecule has 0 aromatic heterocycles. The molecule has 40 bridgehead atoms. The molecule has 25 heteroatoms. The van der Waals surface area contributed by atoms with Crippen LogP contribution in [0, 0.1) is 235 Å². The molecule has 40 aliphatic carbocycles. The van der Waals surface area contributed by atoms with Crippen molar-refractivity contribution in [3.63, 3.8) is 0 Å². The lowest BCUT2D eigenvalue weighted by atomic mass is 9.48. The minimum Gasteiger partial charge on any atom is -0.481 e. The van der Waals surface area contributed by atoms with E-state index in [-0.39, 0.29) is 154 Å². The van der Waals surface area contributed by atoms with Gasteiger partial charge in [-0.05, 0) is 540 Å². The summed E-state index contributed by atoms with van der Waals surface area (Å²) in [5.41, 5.74) is -3.91. The first-order valence-corrected chi connectivity index (χ1v) is 60.1. The second-order valence-electron chi connectivity index (χ2n) is 58.0. The van der Waals surface area contributed by atoms with Crippen molar-refractivity contribution < 1.29 is 111 Å². The molecular weight excluding hydrogens is 1880 g/mol. The lowest BCUT2D eigenvalue weighted by molar-refractivity contribution is -0.210. The molecule has 800 valence electrons. The second kappa shape index (κ2) is 37.6. The number of hydrogen-bond donors (Lipinski definition) is 3. The Labute approximate surface area is 868 Å². The third-order valence-corrected chi connectivity index (χ3v) is 49.8. The predicted molar refractivity (Wildman–Crippen MR) is 532 cm³/mol. The van der Waals surface area contributed by atoms with E-state index in [0.29, 0.717) is 151 Å². The molecule has 0 aliphatic heterocycles. The van der Waals surface area contributed by atoms with Gasteiger partial charge in [-0.15, -0.1) is 23.2 Å². The van der Waals surface area contributed by atoms with E-state index < -0.39 is 39.6 Å². The van der Waals surface area contributed by atoms with E-state index in [0.717, 1.165) is 161 Å². The van der Waals surface area contributed by atoms with Gasteiger partial charge in [0.25, 0.3) is 0 Å². The summed E-state index contributed by atoms with van der Waals surface area (Å²) in [6, 6.07) is 0. The summed E-state index contributed by atoms with van der Waals surface area (Å²) < 4.78 is 46.1. The summed E-state index contributed by atoms with van der Waals surface area (Å²) in [6.07, 6.45) is 54.0. The number of alkyl halides is 2. The van der Waals surface area contributed by atoms with E-state index in [1.54, 1.807) is 0 Å². The van der Waals surface area contributed by atoms with Crippen LogP contribution in [-0.4, -0.2) is 158 Å². The monoisotopic (exact) mass is 2050 g/mol. The van der Waals surface area contributed by atoms with Crippen molar-refractivity contribution in [1.29, 1.82) is 0 Å². The van der Waals surface area contributed by atoms with Gasteiger partial charge in [0.1, 0.15) is 57.1 Å². The number of carbonyl (C=O) groups is 12. The summed E-state index contributed by atoms with van der Waals surface area (Å²) >= 11 is 11.1. The highest BCUT2D eigenvalue weighted by atomic mass is 35.5. The Morgan fingerprint density at radius 1 is 0.248 bits per heavy atom. The highest BCUT2D eigenvalue weighted by Gasteiger charge is 2.69. The average Bonchev–Trinajstić information content (AvgIpc) is 0.717. The Morgan fingerprint density at radius 2 is 0.434 bits per heavy atom. The van der Waals surface area contributed by atoms with Crippen LogP contribution in [0.4, 0.5) is 0 Å². The van der Waals surface area contributed by atoms with Crippen molar-refractivity contribution >= 4 is 94.3 Å². The number of rotatable bonds is 17. The third kappa shape index (κ3) is 18.1. The first-order valence-electron chi connectivity index (χ1n) is 59.0. The lowest BCUT2D eigenvalue weighted by Crippen LogP contribution is -2.58. The number of aliphatic hydroxyl groups excluding tert-OH is 1. The molecule has 0 heterocycles. The third-order valence-electron chi connectivity index (χ3n) is 49.4. The van der Waals surface area contributed by atoms with E-state index in [4.69, 9.17) is 61.1 Å². The molecule has 0 aromatic rings. The predicted octanol–water partition coefficient (Wildman–Crippen LogP) is 20.5. The number of ketones is 3. The minimum atomic E-state index is -0.663. The molecule has 0 aromatic carbocycles. The van der Waals surface area contributed by atoms with Crippen LogP contribution in [0.25, 0.3) is 0 Å². The quantitative estimate of drug-likeness (QED) is 0.0692. The van der Waals surface area contributed by atoms with Crippen LogP contribution in [0.2, 0.25) is 0 Å². The Balaban J connectivity index is 0.0000000931. The van der Waals surface area contributed by atoms with Gasteiger partial charge >= 0.3 is 53.7 Å². The van der Waals surface area contributed by atoms with Crippen molar-refractivity contribution in [2.45, 2.75) is 402 Å². The van der Waals surface area contributed by atoms with Gasteiger partial charge in [-0.3, -0.25) is 43.2 Å². The number of hydrogen-bond acceptors (Lipinski definition) is 22. The number of carboxylic acid groups (broad SMARTS) is 1. The first-order chi connectivity index (χ1) is 69.0. The van der Waals surface area contributed by atoms with E-state index in [1.165, 1.54) is 193 Å². The fourth-order valence-corrected chi connectivity index (χ4v) is 44.1. The Bertz CT molecular complexity index is 4650. The molecule has 0 spiro atoms. The van der Waals surface area contributed by atoms with Gasteiger partial charge in [0.15, 0.2) is 19.8 Å². The van der Waals surface area contributed by atoms with Crippen LogP contribution in [0.15, 0.2) is 0 Å². The molecule has 0 saturated heterocycles. The van der Waals surface area contributed by atoms with Crippen LogP contribution >= 0.6 is 23.2 Å². The maximum absolute atomic E-state index is 13.0. The number of carbonyl (C=O) groups excluding carboxylic acids is 11. The average molecular weight is 2050 g/mol. The van der Waals surface area contributed by atoms with Crippen molar-refractivity contribution in [3.05, 3.63) is 0 Å². The number of esters is 8. The zero-order chi connectivity index (χ0) is 101. The highest BCUT2D eigenvalue weighted by molar-refractivity contribution is 6.26. The van der Waals surface area contributed by atoms with Gasteiger partial charge in [0.2, 0.25) is 0 Å². The molecule has 0 radical (unpaired) electrons. The molecule has 40 fully saturated rings. The number of halogens is 2. The van der Waals surface area contributed by atoms with Gasteiger partial charge in [0.05, 0.1) is 33.4 Å². The zero-order valence-corrected chi connectivity index (χ0v) is 89.0. The zero-order valence-electron chi connectivity index (χ0n) is 87.5. The normalized spacial score (nSPS) is 52.2. The van der Waals surface area contributed by atoms with Crippen molar-refractivity contribution in [2.75, 3.05) is 31.6 Å². The molecule has 40 saturated carbocycles. The van der Waals surface area contributed by atoms with E-state index >= 15 is 0 Å². The molecule has 3 N–H and O–H groups in total. The van der Waals surface area contributed by atoms with Crippen LogP contribution in [0.5, 0.6) is 0 Å². The molecule has 40 aliphatic rings. The largest absolute Gasteiger partial charge is 0.481 e. The van der Waals surface area contributed by atoms with E-state index in [1.807, 2.05) is 0 Å². The molecule has 0 amide bonds. The molecular formula is C120H168Cl2O23. The second-order valence-corrected chi connectivity index (χ2v) is 58.5. The number of ether oxygens (including phenoxy) is 8. The summed E-state index contributed by atoms with van der Waals surface area (Å²) in [7, 11) is 0. The molecule has 8 atom stereocenters. The van der Waals surface area contributed by atoms with Crippen molar-refractivity contribution in [3.8, 4) is 0 Å². The Kier molecular flexibility index (Phi) is 26.3. The Hall–Kier alpha value is -5.26.